The molecule has 33 heavy (non-hydrogen) atoms. The van der Waals surface area contributed by atoms with Crippen LogP contribution in [0.15, 0.2) is 53.4 Å². The zero-order valence-electron chi connectivity index (χ0n) is 18.0. The van der Waals surface area contributed by atoms with Crippen LogP contribution in [0.25, 0.3) is 0 Å². The number of aromatic carboxylic acids is 1. The summed E-state index contributed by atoms with van der Waals surface area (Å²) in [6, 6.07) is 12.6. The fourth-order valence-electron chi connectivity index (χ4n) is 2.66. The maximum Gasteiger partial charge on any atom is 0.490 e. The number of rotatable bonds is 9. The maximum atomic E-state index is 12.4. The SMILES string of the molecule is CCCCN(CC)c1ccc(NS(=O)(=O)c2ccccc2)cc1C(=O)O.O=C(O)C(F)(F)F. The first kappa shape index (κ1) is 27.8. The van der Waals surface area contributed by atoms with Crippen molar-refractivity contribution in [1.29, 1.82) is 0 Å². The van der Waals surface area contributed by atoms with Crippen LogP contribution in [0.5, 0.6) is 0 Å². The Morgan fingerprint density at radius 3 is 2.06 bits per heavy atom. The smallest absolute Gasteiger partial charge is 0.478 e. The Morgan fingerprint density at radius 2 is 1.61 bits per heavy atom. The summed E-state index contributed by atoms with van der Waals surface area (Å²) < 4.78 is 59.0. The van der Waals surface area contributed by atoms with Gasteiger partial charge in [0.05, 0.1) is 16.1 Å². The molecule has 0 unspecified atom stereocenters. The first-order chi connectivity index (χ1) is 15.3. The molecule has 0 aliphatic carbocycles. The number of sulfonamides is 1. The van der Waals surface area contributed by atoms with Gasteiger partial charge in [0.25, 0.3) is 10.0 Å². The minimum Gasteiger partial charge on any atom is -0.478 e. The summed E-state index contributed by atoms with van der Waals surface area (Å²) in [5.41, 5.74) is 0.897. The van der Waals surface area contributed by atoms with Crippen molar-refractivity contribution in [3.8, 4) is 0 Å². The average Bonchev–Trinajstić information content (AvgIpc) is 2.75. The van der Waals surface area contributed by atoms with E-state index >= 15 is 0 Å². The van der Waals surface area contributed by atoms with E-state index in [4.69, 9.17) is 9.90 Å². The van der Waals surface area contributed by atoms with E-state index in [9.17, 15) is 31.5 Å². The molecule has 8 nitrogen and oxygen atoms in total. The lowest BCUT2D eigenvalue weighted by Gasteiger charge is -2.25. The number of benzene rings is 2. The summed E-state index contributed by atoms with van der Waals surface area (Å²) >= 11 is 0. The van der Waals surface area contributed by atoms with Crippen molar-refractivity contribution in [2.75, 3.05) is 22.7 Å². The molecule has 3 N–H and O–H groups in total. The predicted octanol–water partition coefficient (Wildman–Crippen LogP) is 4.45. The fraction of sp³-hybridized carbons (Fsp3) is 0.333. The van der Waals surface area contributed by atoms with E-state index in [1.54, 1.807) is 30.3 Å². The molecular weight excluding hydrogens is 465 g/mol. The van der Waals surface area contributed by atoms with Gasteiger partial charge in [-0.2, -0.15) is 13.2 Å². The molecule has 0 fully saturated rings. The number of hydrogen-bond acceptors (Lipinski definition) is 5. The number of hydrogen-bond donors (Lipinski definition) is 3. The third-order valence-electron chi connectivity index (χ3n) is 4.28. The number of aliphatic carboxylic acids is 1. The van der Waals surface area contributed by atoms with Crippen LogP contribution in [0.1, 0.15) is 37.0 Å². The van der Waals surface area contributed by atoms with Gasteiger partial charge in [0, 0.05) is 18.8 Å². The molecule has 0 saturated carbocycles. The monoisotopic (exact) mass is 490 g/mol. The molecule has 0 aliphatic heterocycles. The van der Waals surface area contributed by atoms with Gasteiger partial charge in [-0.05, 0) is 43.7 Å². The number of halogens is 3. The van der Waals surface area contributed by atoms with Gasteiger partial charge in [0.15, 0.2) is 0 Å². The van der Waals surface area contributed by atoms with Crippen LogP contribution in [-0.2, 0) is 14.8 Å². The number of unbranched alkanes of at least 4 members (excludes halogenated alkanes) is 1. The average molecular weight is 491 g/mol. The van der Waals surface area contributed by atoms with Crippen molar-refractivity contribution < 1.29 is 41.4 Å². The molecule has 0 aromatic heterocycles. The highest BCUT2D eigenvalue weighted by Gasteiger charge is 2.38. The topological polar surface area (TPSA) is 124 Å². The summed E-state index contributed by atoms with van der Waals surface area (Å²) in [5, 5.41) is 16.7. The molecule has 0 aliphatic rings. The van der Waals surface area contributed by atoms with Crippen molar-refractivity contribution in [3.63, 3.8) is 0 Å². The van der Waals surface area contributed by atoms with Gasteiger partial charge < -0.3 is 15.1 Å². The molecular formula is C21H25F3N2O6S. The van der Waals surface area contributed by atoms with Crippen LogP contribution in [0.3, 0.4) is 0 Å². The summed E-state index contributed by atoms with van der Waals surface area (Å²) in [5.74, 6) is -3.84. The third kappa shape index (κ3) is 8.64. The minimum atomic E-state index is -5.08. The Balaban J connectivity index is 0.000000675. The van der Waals surface area contributed by atoms with Crippen LogP contribution < -0.4 is 9.62 Å². The van der Waals surface area contributed by atoms with E-state index < -0.39 is 28.1 Å². The van der Waals surface area contributed by atoms with Crippen molar-refractivity contribution in [1.82, 2.24) is 0 Å². The lowest BCUT2D eigenvalue weighted by molar-refractivity contribution is -0.192. The molecule has 182 valence electrons. The Morgan fingerprint density at radius 1 is 1.03 bits per heavy atom. The molecule has 0 saturated heterocycles. The third-order valence-corrected chi connectivity index (χ3v) is 5.68. The van der Waals surface area contributed by atoms with Gasteiger partial charge in [-0.25, -0.2) is 18.0 Å². The van der Waals surface area contributed by atoms with Gasteiger partial charge in [-0.15, -0.1) is 0 Å². The number of nitrogens with one attached hydrogen (secondary N) is 1. The highest BCUT2D eigenvalue weighted by atomic mass is 32.2. The highest BCUT2D eigenvalue weighted by Crippen LogP contribution is 2.26. The summed E-state index contributed by atoms with van der Waals surface area (Å²) in [6.45, 7) is 5.47. The van der Waals surface area contributed by atoms with E-state index in [1.165, 1.54) is 18.2 Å². The van der Waals surface area contributed by atoms with Crippen LogP contribution in [0.4, 0.5) is 24.5 Å². The van der Waals surface area contributed by atoms with E-state index in [1.807, 2.05) is 11.8 Å². The minimum absolute atomic E-state index is 0.0798. The molecule has 0 spiro atoms. The zero-order chi connectivity index (χ0) is 25.2. The number of carboxylic acids is 2. The molecule has 0 amide bonds. The van der Waals surface area contributed by atoms with Crippen molar-refractivity contribution in [2.45, 2.75) is 37.8 Å². The second kappa shape index (κ2) is 12.1. The van der Waals surface area contributed by atoms with Gasteiger partial charge in [0.1, 0.15) is 0 Å². The summed E-state index contributed by atoms with van der Waals surface area (Å²) in [7, 11) is -3.77. The summed E-state index contributed by atoms with van der Waals surface area (Å²) in [4.78, 5) is 22.7. The molecule has 0 atom stereocenters. The van der Waals surface area contributed by atoms with E-state index in [2.05, 4.69) is 11.6 Å². The van der Waals surface area contributed by atoms with Gasteiger partial charge >= 0.3 is 18.1 Å². The van der Waals surface area contributed by atoms with E-state index in [-0.39, 0.29) is 16.1 Å². The largest absolute Gasteiger partial charge is 0.490 e. The molecule has 0 heterocycles. The number of carboxylic acid groups (broad SMARTS) is 2. The fourth-order valence-corrected chi connectivity index (χ4v) is 3.73. The Labute approximate surface area is 189 Å². The van der Waals surface area contributed by atoms with Crippen molar-refractivity contribution >= 4 is 33.3 Å². The van der Waals surface area contributed by atoms with Crippen LogP contribution >= 0.6 is 0 Å². The molecule has 2 aromatic carbocycles. The van der Waals surface area contributed by atoms with E-state index in [0.717, 1.165) is 19.4 Å². The molecule has 2 aromatic rings. The quantitative estimate of drug-likeness (QED) is 0.475. The standard InChI is InChI=1S/C19H24N2O4S.C2HF3O2/c1-3-5-13-21(4-2)18-12-11-15(14-17(18)19(22)23)20-26(24,25)16-9-7-6-8-10-16;3-2(4,5)1(6)7/h6-12,14,20H,3-5,13H2,1-2H3,(H,22,23);(H,6,7). The van der Waals surface area contributed by atoms with Gasteiger partial charge in [0.2, 0.25) is 0 Å². The first-order valence-electron chi connectivity index (χ1n) is 9.83. The molecule has 12 heteroatoms. The summed E-state index contributed by atoms with van der Waals surface area (Å²) in [6.07, 6.45) is -3.12. The second-order valence-corrected chi connectivity index (χ2v) is 8.37. The highest BCUT2D eigenvalue weighted by molar-refractivity contribution is 7.92. The molecule has 2 rings (SSSR count). The number of anilines is 2. The lowest BCUT2D eigenvalue weighted by Crippen LogP contribution is -2.26. The Kier molecular flexibility index (Phi) is 10.2. The maximum absolute atomic E-state index is 12.4. The first-order valence-corrected chi connectivity index (χ1v) is 11.3. The number of nitrogens with zero attached hydrogens (tertiary/aromatic N) is 1. The van der Waals surface area contributed by atoms with Gasteiger partial charge in [-0.3, -0.25) is 4.72 Å². The van der Waals surface area contributed by atoms with Gasteiger partial charge in [-0.1, -0.05) is 31.5 Å². The Bertz CT molecular complexity index is 1040. The van der Waals surface area contributed by atoms with Crippen molar-refractivity contribution in [2.24, 2.45) is 0 Å². The van der Waals surface area contributed by atoms with Crippen LogP contribution in [0.2, 0.25) is 0 Å². The van der Waals surface area contributed by atoms with Crippen LogP contribution in [-0.4, -0.2) is 49.8 Å². The van der Waals surface area contributed by atoms with E-state index in [0.29, 0.717) is 12.2 Å². The van der Waals surface area contributed by atoms with Crippen LogP contribution in [0, 0.1) is 0 Å². The normalized spacial score (nSPS) is 11.2. The van der Waals surface area contributed by atoms with Crippen molar-refractivity contribution in [3.05, 3.63) is 54.1 Å². The zero-order valence-corrected chi connectivity index (χ0v) is 18.8. The predicted molar refractivity (Wildman–Crippen MR) is 117 cm³/mol. The number of alkyl halides is 3. The Hall–Kier alpha value is -3.28. The molecule has 0 bridgehead atoms. The second-order valence-electron chi connectivity index (χ2n) is 6.69. The lowest BCUT2D eigenvalue weighted by atomic mass is 10.1. The molecule has 0 radical (unpaired) electrons. The number of carbonyl (C=O) groups is 2.